The van der Waals surface area contributed by atoms with Gasteiger partial charge in [0.05, 0.1) is 12.3 Å². The van der Waals surface area contributed by atoms with E-state index < -0.39 is 28.6 Å². The molecule has 0 aliphatic carbocycles. The van der Waals surface area contributed by atoms with E-state index in [0.717, 1.165) is 23.5 Å². The van der Waals surface area contributed by atoms with E-state index in [1.54, 1.807) is 0 Å². The number of nitrogens with zero attached hydrogens (tertiary/aromatic N) is 2. The first-order chi connectivity index (χ1) is 8.85. The fourth-order valence-corrected chi connectivity index (χ4v) is 2.46. The normalized spacial score (nSPS) is 13.4. The molecular weight excluding hydrogens is 274 g/mol. The third-order valence-electron chi connectivity index (χ3n) is 2.35. The number of hydrogen-bond donors (Lipinski definition) is 3. The smallest absolute Gasteiger partial charge is 0.325 e. The average molecular weight is 291 g/mol. The summed E-state index contributed by atoms with van der Waals surface area (Å²) in [7, 11) is -3.77. The Bertz CT molecular complexity index is 525. The highest BCUT2D eigenvalue weighted by Gasteiger charge is 2.18. The topological polar surface area (TPSA) is 122 Å². The van der Waals surface area contributed by atoms with Crippen molar-refractivity contribution in [2.75, 3.05) is 6.54 Å². The SMILES string of the molecule is CCCC(O)CNS(=O)(=O)c1cnn(CC(=O)O)c1. The molecule has 0 aliphatic rings. The Hall–Kier alpha value is -1.45. The van der Waals surface area contributed by atoms with Crippen molar-refractivity contribution in [1.82, 2.24) is 14.5 Å². The lowest BCUT2D eigenvalue weighted by Gasteiger charge is -2.10. The van der Waals surface area contributed by atoms with Gasteiger partial charge in [-0.15, -0.1) is 0 Å². The highest BCUT2D eigenvalue weighted by atomic mass is 32.2. The van der Waals surface area contributed by atoms with Crippen LogP contribution in [0.2, 0.25) is 0 Å². The number of carboxylic acids is 1. The van der Waals surface area contributed by atoms with Gasteiger partial charge in [0, 0.05) is 12.7 Å². The number of aliphatic hydroxyl groups is 1. The molecule has 3 N–H and O–H groups in total. The second kappa shape index (κ2) is 6.64. The summed E-state index contributed by atoms with van der Waals surface area (Å²) >= 11 is 0. The summed E-state index contributed by atoms with van der Waals surface area (Å²) in [6.07, 6.45) is 2.70. The Morgan fingerprint density at radius 1 is 1.58 bits per heavy atom. The van der Waals surface area contributed by atoms with Crippen LogP contribution in [0, 0.1) is 0 Å². The first kappa shape index (κ1) is 15.6. The number of aromatic nitrogens is 2. The second-order valence-corrected chi connectivity index (χ2v) is 5.83. The van der Waals surface area contributed by atoms with Crippen molar-refractivity contribution in [1.29, 1.82) is 0 Å². The summed E-state index contributed by atoms with van der Waals surface area (Å²) in [6, 6.07) is 0. The van der Waals surface area contributed by atoms with Crippen LogP contribution in [0.5, 0.6) is 0 Å². The third kappa shape index (κ3) is 4.97. The molecular formula is C10H17N3O5S. The number of rotatable bonds is 8. The zero-order valence-corrected chi connectivity index (χ0v) is 11.3. The molecule has 9 heteroatoms. The van der Waals surface area contributed by atoms with Gasteiger partial charge in [0.1, 0.15) is 11.4 Å². The lowest BCUT2D eigenvalue weighted by atomic mass is 10.2. The van der Waals surface area contributed by atoms with Gasteiger partial charge in [0.15, 0.2) is 0 Å². The fraction of sp³-hybridized carbons (Fsp3) is 0.600. The van der Waals surface area contributed by atoms with Crippen LogP contribution in [0.15, 0.2) is 17.3 Å². The molecule has 1 heterocycles. The van der Waals surface area contributed by atoms with Crippen molar-refractivity contribution in [2.24, 2.45) is 0 Å². The highest BCUT2D eigenvalue weighted by Crippen LogP contribution is 2.07. The van der Waals surface area contributed by atoms with Gasteiger partial charge in [-0.1, -0.05) is 13.3 Å². The summed E-state index contributed by atoms with van der Waals surface area (Å²) in [6.45, 7) is 1.39. The van der Waals surface area contributed by atoms with Crippen LogP contribution in [-0.2, 0) is 21.4 Å². The zero-order valence-electron chi connectivity index (χ0n) is 10.5. The minimum Gasteiger partial charge on any atom is -0.480 e. The summed E-state index contributed by atoms with van der Waals surface area (Å²) in [5.74, 6) is -1.11. The predicted molar refractivity (Wildman–Crippen MR) is 66.0 cm³/mol. The standard InChI is InChI=1S/C10H17N3O5S/c1-2-3-8(14)4-12-19(17,18)9-5-11-13(6-9)7-10(15)16/h5-6,8,12,14H,2-4,7H2,1H3,(H,15,16). The second-order valence-electron chi connectivity index (χ2n) is 4.06. The molecule has 0 aromatic carbocycles. The van der Waals surface area contributed by atoms with Gasteiger partial charge in [-0.25, -0.2) is 13.1 Å². The van der Waals surface area contributed by atoms with E-state index in [2.05, 4.69) is 9.82 Å². The molecule has 1 aromatic rings. The molecule has 0 amide bonds. The molecule has 1 rings (SSSR count). The Kier molecular flexibility index (Phi) is 5.45. The van der Waals surface area contributed by atoms with Crippen molar-refractivity contribution in [3.05, 3.63) is 12.4 Å². The molecule has 0 spiro atoms. The average Bonchev–Trinajstić information content (AvgIpc) is 2.75. The van der Waals surface area contributed by atoms with Crippen molar-refractivity contribution in [3.8, 4) is 0 Å². The maximum absolute atomic E-state index is 11.8. The Morgan fingerprint density at radius 2 is 2.26 bits per heavy atom. The Labute approximate surface area is 111 Å². The molecule has 1 atom stereocenters. The molecule has 0 saturated carbocycles. The summed E-state index contributed by atoms with van der Waals surface area (Å²) in [5, 5.41) is 21.7. The van der Waals surface area contributed by atoms with Crippen molar-refractivity contribution in [2.45, 2.75) is 37.3 Å². The van der Waals surface area contributed by atoms with Crippen LogP contribution in [0.4, 0.5) is 0 Å². The third-order valence-corrected chi connectivity index (χ3v) is 3.73. The molecule has 19 heavy (non-hydrogen) atoms. The highest BCUT2D eigenvalue weighted by molar-refractivity contribution is 7.89. The molecule has 1 aromatic heterocycles. The van der Waals surface area contributed by atoms with E-state index in [-0.39, 0.29) is 11.4 Å². The number of hydrogen-bond acceptors (Lipinski definition) is 5. The lowest BCUT2D eigenvalue weighted by molar-refractivity contribution is -0.137. The minimum atomic E-state index is -3.77. The van der Waals surface area contributed by atoms with E-state index in [1.165, 1.54) is 0 Å². The quantitative estimate of drug-likeness (QED) is 0.588. The van der Waals surface area contributed by atoms with Crippen LogP contribution in [0.1, 0.15) is 19.8 Å². The van der Waals surface area contributed by atoms with Gasteiger partial charge in [-0.05, 0) is 6.42 Å². The van der Waals surface area contributed by atoms with Gasteiger partial charge in [0.2, 0.25) is 10.0 Å². The Morgan fingerprint density at radius 3 is 2.84 bits per heavy atom. The summed E-state index contributed by atoms with van der Waals surface area (Å²) in [4.78, 5) is 10.3. The van der Waals surface area contributed by atoms with Gasteiger partial charge in [-0.2, -0.15) is 5.10 Å². The van der Waals surface area contributed by atoms with Crippen LogP contribution in [0.25, 0.3) is 0 Å². The molecule has 0 aliphatic heterocycles. The van der Waals surface area contributed by atoms with Crippen molar-refractivity contribution in [3.63, 3.8) is 0 Å². The van der Waals surface area contributed by atoms with E-state index in [0.29, 0.717) is 6.42 Å². The monoisotopic (exact) mass is 291 g/mol. The van der Waals surface area contributed by atoms with E-state index in [4.69, 9.17) is 5.11 Å². The van der Waals surface area contributed by atoms with Gasteiger partial charge >= 0.3 is 5.97 Å². The van der Waals surface area contributed by atoms with Crippen LogP contribution in [0.3, 0.4) is 0 Å². The number of carbonyl (C=O) groups is 1. The number of carboxylic acid groups (broad SMARTS) is 1. The molecule has 8 nitrogen and oxygen atoms in total. The molecule has 1 unspecified atom stereocenters. The number of sulfonamides is 1. The zero-order chi connectivity index (χ0) is 14.5. The Balaban J connectivity index is 2.66. The maximum atomic E-state index is 11.8. The summed E-state index contributed by atoms with van der Waals surface area (Å²) in [5.41, 5.74) is 0. The minimum absolute atomic E-state index is 0.0831. The molecule has 0 radical (unpaired) electrons. The van der Waals surface area contributed by atoms with Crippen LogP contribution < -0.4 is 4.72 Å². The molecule has 0 fully saturated rings. The van der Waals surface area contributed by atoms with E-state index in [1.807, 2.05) is 6.92 Å². The first-order valence-corrected chi connectivity index (χ1v) is 7.25. The maximum Gasteiger partial charge on any atom is 0.325 e. The van der Waals surface area contributed by atoms with Crippen molar-refractivity contribution >= 4 is 16.0 Å². The number of nitrogens with one attached hydrogen (secondary N) is 1. The van der Waals surface area contributed by atoms with Gasteiger partial charge in [-0.3, -0.25) is 9.48 Å². The number of aliphatic carboxylic acids is 1. The molecule has 0 saturated heterocycles. The first-order valence-electron chi connectivity index (χ1n) is 5.77. The summed E-state index contributed by atoms with van der Waals surface area (Å²) < 4.78 is 26.9. The van der Waals surface area contributed by atoms with Gasteiger partial charge < -0.3 is 10.2 Å². The lowest BCUT2D eigenvalue weighted by Crippen LogP contribution is -2.31. The molecule has 0 bridgehead atoms. The van der Waals surface area contributed by atoms with Crippen LogP contribution >= 0.6 is 0 Å². The van der Waals surface area contributed by atoms with Crippen LogP contribution in [-0.4, -0.2) is 47.0 Å². The van der Waals surface area contributed by atoms with Gasteiger partial charge in [0.25, 0.3) is 0 Å². The van der Waals surface area contributed by atoms with E-state index in [9.17, 15) is 18.3 Å². The largest absolute Gasteiger partial charge is 0.480 e. The molecule has 108 valence electrons. The van der Waals surface area contributed by atoms with E-state index >= 15 is 0 Å². The predicted octanol–water partition coefficient (Wildman–Crippen LogP) is -0.593. The van der Waals surface area contributed by atoms with Crippen molar-refractivity contribution < 1.29 is 23.4 Å². The number of aliphatic hydroxyl groups excluding tert-OH is 1. The fourth-order valence-electron chi connectivity index (χ4n) is 1.43.